The van der Waals surface area contributed by atoms with Crippen LogP contribution >= 0.6 is 0 Å². The molecule has 10 nitrogen and oxygen atoms in total. The van der Waals surface area contributed by atoms with Crippen molar-refractivity contribution in [2.24, 2.45) is 5.73 Å². The highest BCUT2D eigenvalue weighted by Crippen LogP contribution is 2.37. The summed E-state index contributed by atoms with van der Waals surface area (Å²) in [6.45, 7) is 0.531. The summed E-state index contributed by atoms with van der Waals surface area (Å²) in [4.78, 5) is 38.7. The predicted octanol–water partition coefficient (Wildman–Crippen LogP) is -0.805. The van der Waals surface area contributed by atoms with Crippen LogP contribution in [-0.2, 0) is 16.0 Å². The molecule has 2 aliphatic heterocycles. The third-order valence-corrected chi connectivity index (χ3v) is 5.09. The van der Waals surface area contributed by atoms with E-state index < -0.39 is 25.0 Å². The molecule has 4 N–H and O–H groups in total. The van der Waals surface area contributed by atoms with Crippen molar-refractivity contribution in [1.82, 2.24) is 9.80 Å². The third kappa shape index (κ3) is 4.46. The summed E-state index contributed by atoms with van der Waals surface area (Å²) in [7, 11) is 2.33. The summed E-state index contributed by atoms with van der Waals surface area (Å²) >= 11 is 0. The first kappa shape index (κ1) is 20.9. The summed E-state index contributed by atoms with van der Waals surface area (Å²) < 4.78 is 11.1. The number of hydrogen-bond donors (Lipinski definition) is 3. The van der Waals surface area contributed by atoms with Crippen LogP contribution in [0.15, 0.2) is 12.1 Å². The van der Waals surface area contributed by atoms with Crippen LogP contribution in [0.3, 0.4) is 0 Å². The van der Waals surface area contributed by atoms with Crippen molar-refractivity contribution in [2.45, 2.75) is 31.3 Å². The molecule has 1 aromatic carbocycles. The second kappa shape index (κ2) is 8.30. The highest BCUT2D eigenvalue weighted by atomic mass is 16.5. The highest BCUT2D eigenvalue weighted by Gasteiger charge is 2.38. The number of carboxylic acid groups (broad SMARTS) is 1. The van der Waals surface area contributed by atoms with Gasteiger partial charge in [0.05, 0.1) is 25.6 Å². The van der Waals surface area contributed by atoms with Gasteiger partial charge in [0, 0.05) is 0 Å². The number of carboxylic acids is 1. The second-order valence-electron chi connectivity index (χ2n) is 7.48. The normalized spacial score (nSPS) is 17.2. The molecule has 1 atom stereocenters. The Morgan fingerprint density at radius 1 is 1.38 bits per heavy atom. The Bertz CT molecular complexity index is 826. The lowest BCUT2D eigenvalue weighted by Crippen LogP contribution is -2.60. The van der Waals surface area contributed by atoms with Gasteiger partial charge in [-0.2, -0.15) is 0 Å². The quantitative estimate of drug-likeness (QED) is 0.501. The van der Waals surface area contributed by atoms with E-state index in [1.54, 1.807) is 31.1 Å². The molecule has 0 radical (unpaired) electrons. The molecule has 1 aromatic rings. The summed E-state index contributed by atoms with van der Waals surface area (Å²) in [5.74, 6) is -1.76. The maximum absolute atomic E-state index is 12.6. The van der Waals surface area contributed by atoms with Crippen LogP contribution in [0.1, 0.15) is 22.3 Å². The summed E-state index contributed by atoms with van der Waals surface area (Å²) in [6.07, 6.45) is 0.431. The molecule has 2 aliphatic rings. The van der Waals surface area contributed by atoms with E-state index in [2.05, 4.69) is 0 Å². The highest BCUT2D eigenvalue weighted by molar-refractivity contribution is 6.44. The zero-order valence-corrected chi connectivity index (χ0v) is 16.3. The van der Waals surface area contributed by atoms with E-state index in [0.717, 1.165) is 0 Å². The summed E-state index contributed by atoms with van der Waals surface area (Å²) in [5.41, 5.74) is 5.79. The molecule has 2 amide bonds. The molecular formula is C18H24BN3O7. The summed E-state index contributed by atoms with van der Waals surface area (Å²) in [6, 6.07) is 2.64. The fourth-order valence-electron chi connectivity index (χ4n) is 3.48. The number of benzene rings is 1. The first-order valence-corrected chi connectivity index (χ1v) is 9.31. The number of primary amides is 1. The number of aryl methyl sites for hydroxylation is 1. The van der Waals surface area contributed by atoms with Gasteiger partial charge in [0.15, 0.2) is 0 Å². The first-order valence-electron chi connectivity index (χ1n) is 9.31. The van der Waals surface area contributed by atoms with E-state index in [-0.39, 0.29) is 48.6 Å². The van der Waals surface area contributed by atoms with Crippen LogP contribution in [0, 0.1) is 0 Å². The molecule has 1 fully saturated rings. The molecule has 156 valence electrons. The summed E-state index contributed by atoms with van der Waals surface area (Å²) in [5, 5.41) is 19.3. The van der Waals surface area contributed by atoms with Crippen LogP contribution < -0.4 is 15.1 Å². The molecule has 3 rings (SSSR count). The van der Waals surface area contributed by atoms with Gasteiger partial charge < -0.3 is 30.2 Å². The fraction of sp³-hybridized carbons (Fsp3) is 0.500. The number of carbonyl (C=O) groups excluding carboxylic acids is 2. The van der Waals surface area contributed by atoms with Gasteiger partial charge in [-0.05, 0) is 38.5 Å². The van der Waals surface area contributed by atoms with E-state index in [4.69, 9.17) is 15.1 Å². The Kier molecular flexibility index (Phi) is 5.99. The average molecular weight is 405 g/mol. The minimum atomic E-state index is -1.22. The Morgan fingerprint density at radius 2 is 2.07 bits per heavy atom. The first-order chi connectivity index (χ1) is 13.7. The van der Waals surface area contributed by atoms with E-state index in [9.17, 15) is 24.5 Å². The van der Waals surface area contributed by atoms with E-state index >= 15 is 0 Å². The number of likely N-dealkylation sites (tertiary alicyclic amines) is 1. The Balaban J connectivity index is 1.69. The smallest absolute Gasteiger partial charge is 0.522 e. The molecule has 0 saturated carbocycles. The number of nitrogens with zero attached hydrogens (tertiary/aromatic N) is 2. The number of ether oxygens (including phenoxy) is 1. The van der Waals surface area contributed by atoms with Crippen molar-refractivity contribution in [3.63, 3.8) is 0 Å². The Labute approximate surface area is 168 Å². The van der Waals surface area contributed by atoms with Crippen LogP contribution in [0.2, 0.25) is 6.32 Å². The van der Waals surface area contributed by atoms with Gasteiger partial charge in [-0.25, -0.2) is 4.79 Å². The molecule has 2 heterocycles. The minimum absolute atomic E-state index is 0.0818. The molecule has 0 aliphatic carbocycles. The van der Waals surface area contributed by atoms with Gasteiger partial charge in [0.2, 0.25) is 11.8 Å². The van der Waals surface area contributed by atoms with E-state index in [1.807, 2.05) is 0 Å². The van der Waals surface area contributed by atoms with Gasteiger partial charge in [-0.1, -0.05) is 6.07 Å². The molecule has 11 heteroatoms. The van der Waals surface area contributed by atoms with Gasteiger partial charge >= 0.3 is 13.1 Å². The van der Waals surface area contributed by atoms with Crippen LogP contribution in [-0.4, -0.2) is 84.2 Å². The number of fused-ring (bicyclic) bond motifs is 1. The maximum Gasteiger partial charge on any atom is 0.522 e. The van der Waals surface area contributed by atoms with Crippen molar-refractivity contribution >= 4 is 24.9 Å². The standard InChI is InChI=1S/C18H24BN3O7/c1-21(2)12(7-14(20)23)17(24)22-8-11(9-22)28-13-4-3-10-5-6-19(27)29-16(10)15(13)18(25)26/h3-4,11-12,27H,5-9H2,1-2H3,(H2,20,23)(H,25,26)/t12-/m1/s1. The maximum atomic E-state index is 12.6. The molecular weight excluding hydrogens is 381 g/mol. The molecule has 0 spiro atoms. The minimum Gasteiger partial charge on any atom is -0.535 e. The van der Waals surface area contributed by atoms with Crippen molar-refractivity contribution in [3.8, 4) is 11.5 Å². The lowest BCUT2D eigenvalue weighted by Gasteiger charge is -2.41. The third-order valence-electron chi connectivity index (χ3n) is 5.09. The Morgan fingerprint density at radius 3 is 2.66 bits per heavy atom. The molecule has 0 unspecified atom stereocenters. The number of aromatic carboxylic acids is 1. The lowest BCUT2D eigenvalue weighted by molar-refractivity contribution is -0.146. The molecule has 1 saturated heterocycles. The molecule has 0 bridgehead atoms. The van der Waals surface area contributed by atoms with Gasteiger partial charge in [0.25, 0.3) is 0 Å². The van der Waals surface area contributed by atoms with Crippen molar-refractivity contribution in [1.29, 1.82) is 0 Å². The number of amides is 2. The van der Waals surface area contributed by atoms with E-state index in [0.29, 0.717) is 18.3 Å². The number of hydrogen-bond acceptors (Lipinski definition) is 7. The second-order valence-corrected chi connectivity index (χ2v) is 7.48. The zero-order chi connectivity index (χ0) is 21.3. The SMILES string of the molecule is CN(C)[C@H](CC(N)=O)C(=O)N1CC(Oc2ccc3c(c2C(=O)O)OB(O)CC3)C1. The predicted molar refractivity (Wildman–Crippen MR) is 103 cm³/mol. The van der Waals surface area contributed by atoms with Crippen molar-refractivity contribution in [2.75, 3.05) is 27.2 Å². The molecule has 29 heavy (non-hydrogen) atoms. The number of likely N-dealkylation sites (N-methyl/N-ethyl adjacent to an activating group) is 1. The van der Waals surface area contributed by atoms with Crippen LogP contribution in [0.25, 0.3) is 0 Å². The van der Waals surface area contributed by atoms with Gasteiger partial charge in [0.1, 0.15) is 23.2 Å². The monoisotopic (exact) mass is 405 g/mol. The topological polar surface area (TPSA) is 143 Å². The van der Waals surface area contributed by atoms with Crippen molar-refractivity contribution < 1.29 is 33.9 Å². The fourth-order valence-corrected chi connectivity index (χ4v) is 3.48. The van der Waals surface area contributed by atoms with Crippen LogP contribution in [0.4, 0.5) is 0 Å². The van der Waals surface area contributed by atoms with E-state index in [1.165, 1.54) is 4.90 Å². The number of nitrogens with two attached hydrogens (primary N) is 1. The number of carbonyl (C=O) groups is 3. The average Bonchev–Trinajstić information content (AvgIpc) is 2.60. The molecule has 0 aromatic heterocycles. The van der Waals surface area contributed by atoms with Crippen molar-refractivity contribution in [3.05, 3.63) is 23.3 Å². The van der Waals surface area contributed by atoms with Crippen LogP contribution in [0.5, 0.6) is 11.5 Å². The zero-order valence-electron chi connectivity index (χ0n) is 16.3. The number of rotatable bonds is 7. The van der Waals surface area contributed by atoms with Gasteiger partial charge in [-0.3, -0.25) is 14.5 Å². The largest absolute Gasteiger partial charge is 0.535 e. The van der Waals surface area contributed by atoms with Gasteiger partial charge in [-0.15, -0.1) is 0 Å². The lowest BCUT2D eigenvalue weighted by atomic mass is 9.78. The Hall–Kier alpha value is -2.79.